The van der Waals surface area contributed by atoms with Crippen LogP contribution in [0.2, 0.25) is 10.1 Å². The Bertz CT molecular complexity index is 2170. The van der Waals surface area contributed by atoms with Gasteiger partial charge in [0.05, 0.1) is 0 Å². The Hall–Kier alpha value is -3.68. The lowest BCUT2D eigenvalue weighted by molar-refractivity contribution is 0.249. The summed E-state index contributed by atoms with van der Waals surface area (Å²) >= 11 is 7.49. The fourth-order valence-corrected chi connectivity index (χ4v) is 14.9. The third-order valence-corrected chi connectivity index (χ3v) is 18.3. The number of fused-ring (bicyclic) bond motifs is 1. The first-order valence-electron chi connectivity index (χ1n) is 17.0. The summed E-state index contributed by atoms with van der Waals surface area (Å²) in [5.74, 6) is 0.566. The maximum Gasteiger partial charge on any atom is 0.261 e. The van der Waals surface area contributed by atoms with Gasteiger partial charge in [0, 0.05) is 72.4 Å². The number of benzene rings is 3. The number of aromatic nitrogens is 3. The Kier molecular flexibility index (Phi) is 11.5. The number of thiophene rings is 1. The highest BCUT2D eigenvalue weighted by atomic mass is 35.5. The zero-order valence-corrected chi connectivity index (χ0v) is 33.4. The monoisotopic (exact) mass is 789 g/mol. The van der Waals surface area contributed by atoms with Crippen molar-refractivity contribution in [3.8, 4) is 11.1 Å². The average Bonchev–Trinajstić information content (AvgIpc) is 3.58. The topological polar surface area (TPSA) is 88.5 Å². The Morgan fingerprint density at radius 3 is 2.12 bits per heavy atom. The van der Waals surface area contributed by atoms with Gasteiger partial charge in [-0.15, -0.1) is 23.7 Å². The van der Waals surface area contributed by atoms with Crippen molar-refractivity contribution < 1.29 is 12.8 Å². The molecule has 270 valence electrons. The van der Waals surface area contributed by atoms with Crippen molar-refractivity contribution in [2.75, 3.05) is 31.1 Å². The van der Waals surface area contributed by atoms with Crippen LogP contribution in [0.25, 0.3) is 21.2 Å². The van der Waals surface area contributed by atoms with Gasteiger partial charge >= 0.3 is 0 Å². The smallest absolute Gasteiger partial charge is 0.261 e. The van der Waals surface area contributed by atoms with Gasteiger partial charge in [0.15, 0.2) is 0 Å². The highest BCUT2D eigenvalue weighted by Gasteiger charge is 2.50. The summed E-state index contributed by atoms with van der Waals surface area (Å²) in [4.78, 5) is 15.8. The second kappa shape index (κ2) is 15.7. The fraction of sp³-hybridized carbons (Fsp3) is 0.256. The predicted octanol–water partition coefficient (Wildman–Crippen LogP) is 7.67. The molecule has 7 rings (SSSR count). The minimum Gasteiger partial charge on any atom is -0.407 e. The molecule has 0 spiro atoms. The summed E-state index contributed by atoms with van der Waals surface area (Å²) in [5, 5.41) is 3.66. The standard InChI is InChI=1S/C39H40ClN5O3S2Si.ClH/c1-39(2,3)51(34-10-6-4-7-11-34,35-12-8-5-9-13-35)48-23-18-33-28-44(50(46,47)37-24-30-14-15-32(40)25-36(30)49-37)21-22-45(33)38-42-26-31(27-43-38)29-16-19-41-20-17-29;/h4-17,19-20,24-27,33H,18,21-23,28H2,1-3H3;1H. The molecule has 3 aromatic carbocycles. The number of nitrogens with zero attached hydrogens (tertiary/aromatic N) is 5. The predicted molar refractivity (Wildman–Crippen MR) is 217 cm³/mol. The van der Waals surface area contributed by atoms with Gasteiger partial charge in [0.2, 0.25) is 5.95 Å². The van der Waals surface area contributed by atoms with E-state index in [1.54, 1.807) is 28.8 Å². The normalized spacial score (nSPS) is 15.8. The van der Waals surface area contributed by atoms with Gasteiger partial charge < -0.3 is 9.33 Å². The number of hydrogen-bond acceptors (Lipinski definition) is 8. The van der Waals surface area contributed by atoms with Crippen LogP contribution in [0, 0.1) is 0 Å². The van der Waals surface area contributed by atoms with E-state index < -0.39 is 18.3 Å². The van der Waals surface area contributed by atoms with Gasteiger partial charge in [-0.3, -0.25) is 4.98 Å². The molecule has 1 saturated heterocycles. The Labute approximate surface area is 322 Å². The average molecular weight is 791 g/mol. The van der Waals surface area contributed by atoms with Gasteiger partial charge in [-0.05, 0) is 63.1 Å². The van der Waals surface area contributed by atoms with E-state index in [0.29, 0.717) is 41.3 Å². The molecule has 1 fully saturated rings. The van der Waals surface area contributed by atoms with Crippen molar-refractivity contribution in [1.29, 1.82) is 0 Å². The molecule has 0 bridgehead atoms. The van der Waals surface area contributed by atoms with Crippen LogP contribution in [-0.2, 0) is 14.4 Å². The van der Waals surface area contributed by atoms with Crippen molar-refractivity contribution in [3.05, 3.63) is 127 Å². The highest BCUT2D eigenvalue weighted by molar-refractivity contribution is 7.91. The third-order valence-electron chi connectivity index (χ3n) is 9.59. The van der Waals surface area contributed by atoms with Crippen LogP contribution < -0.4 is 15.3 Å². The zero-order chi connectivity index (χ0) is 35.6. The summed E-state index contributed by atoms with van der Waals surface area (Å²) < 4.78 is 38.4. The maximum atomic E-state index is 14.2. The van der Waals surface area contributed by atoms with E-state index in [1.165, 1.54) is 21.7 Å². The zero-order valence-electron chi connectivity index (χ0n) is 29.2. The molecule has 0 radical (unpaired) electrons. The van der Waals surface area contributed by atoms with E-state index in [9.17, 15) is 8.42 Å². The minimum absolute atomic E-state index is 0. The van der Waals surface area contributed by atoms with Crippen LogP contribution in [0.3, 0.4) is 0 Å². The summed E-state index contributed by atoms with van der Waals surface area (Å²) in [6.45, 7) is 8.23. The molecule has 3 aromatic heterocycles. The Morgan fingerprint density at radius 1 is 0.865 bits per heavy atom. The lowest BCUT2D eigenvalue weighted by Gasteiger charge is -2.44. The van der Waals surface area contributed by atoms with Crippen LogP contribution >= 0.6 is 35.3 Å². The largest absolute Gasteiger partial charge is 0.407 e. The quantitative estimate of drug-likeness (QED) is 0.132. The van der Waals surface area contributed by atoms with Gasteiger partial charge in [0.25, 0.3) is 18.3 Å². The lowest BCUT2D eigenvalue weighted by atomic mass is 10.1. The number of halogens is 2. The van der Waals surface area contributed by atoms with E-state index in [1.807, 2.05) is 48.8 Å². The van der Waals surface area contributed by atoms with Crippen molar-refractivity contribution in [1.82, 2.24) is 19.3 Å². The van der Waals surface area contributed by atoms with Gasteiger partial charge in [-0.2, -0.15) is 4.31 Å². The SMILES string of the molecule is CC(C)(C)[Si](OCCC1CN(S(=O)(=O)c2cc3ccc(Cl)cc3s2)CCN1c1ncc(-c2ccncc2)cn1)(c1ccccc1)c1ccccc1.Cl. The molecule has 1 aliphatic rings. The van der Waals surface area contributed by atoms with E-state index in [2.05, 4.69) is 79.2 Å². The fourth-order valence-electron chi connectivity index (χ4n) is 7.06. The summed E-state index contributed by atoms with van der Waals surface area (Å²) in [6, 6.07) is 32.0. The van der Waals surface area contributed by atoms with Crippen molar-refractivity contribution in [2.24, 2.45) is 0 Å². The minimum atomic E-state index is -3.78. The first-order chi connectivity index (χ1) is 24.6. The highest BCUT2D eigenvalue weighted by Crippen LogP contribution is 2.38. The number of hydrogen-bond donors (Lipinski definition) is 0. The summed E-state index contributed by atoms with van der Waals surface area (Å²) in [7, 11) is -6.58. The molecule has 0 saturated carbocycles. The molecular formula is C39H41Cl2N5O3S2Si. The maximum absolute atomic E-state index is 14.2. The number of piperazine rings is 1. The summed E-state index contributed by atoms with van der Waals surface area (Å²) in [5.41, 5.74) is 1.87. The first kappa shape index (κ1) is 38.1. The van der Waals surface area contributed by atoms with Gasteiger partial charge in [-0.1, -0.05) is 99.1 Å². The molecule has 1 atom stereocenters. The van der Waals surface area contributed by atoms with E-state index in [0.717, 1.165) is 21.2 Å². The lowest BCUT2D eigenvalue weighted by Crippen LogP contribution is -2.67. The molecule has 1 unspecified atom stereocenters. The molecule has 1 aliphatic heterocycles. The van der Waals surface area contributed by atoms with Crippen LogP contribution in [0.4, 0.5) is 5.95 Å². The molecule has 0 amide bonds. The second-order valence-corrected chi connectivity index (χ2v) is 21.8. The molecule has 6 aromatic rings. The first-order valence-corrected chi connectivity index (χ1v) is 21.5. The number of sulfonamides is 1. The Morgan fingerprint density at radius 2 is 1.50 bits per heavy atom. The van der Waals surface area contributed by atoms with Crippen LogP contribution in [0.1, 0.15) is 27.2 Å². The van der Waals surface area contributed by atoms with E-state index >= 15 is 0 Å². The van der Waals surface area contributed by atoms with Gasteiger partial charge in [0.1, 0.15) is 4.21 Å². The van der Waals surface area contributed by atoms with Crippen LogP contribution in [0.5, 0.6) is 0 Å². The van der Waals surface area contributed by atoms with Crippen molar-refractivity contribution in [2.45, 2.75) is 42.5 Å². The van der Waals surface area contributed by atoms with Crippen LogP contribution in [0.15, 0.2) is 126 Å². The second-order valence-electron chi connectivity index (χ2n) is 13.8. The van der Waals surface area contributed by atoms with E-state index in [4.69, 9.17) is 26.0 Å². The molecular weight excluding hydrogens is 750 g/mol. The molecule has 8 nitrogen and oxygen atoms in total. The van der Waals surface area contributed by atoms with Crippen molar-refractivity contribution >= 4 is 80.1 Å². The number of anilines is 1. The third kappa shape index (κ3) is 7.54. The molecule has 0 aliphatic carbocycles. The van der Waals surface area contributed by atoms with Crippen LogP contribution in [-0.4, -0.2) is 68.3 Å². The molecule has 0 N–H and O–H groups in total. The number of rotatable bonds is 10. The number of pyridine rings is 1. The van der Waals surface area contributed by atoms with Crippen molar-refractivity contribution in [3.63, 3.8) is 0 Å². The Balaban J connectivity index is 0.00000464. The summed E-state index contributed by atoms with van der Waals surface area (Å²) in [6.07, 6.45) is 7.71. The molecule has 52 heavy (non-hydrogen) atoms. The van der Waals surface area contributed by atoms with E-state index in [-0.39, 0.29) is 30.0 Å². The molecule has 13 heteroatoms. The van der Waals surface area contributed by atoms with Gasteiger partial charge in [-0.25, -0.2) is 18.4 Å². The molecule has 4 heterocycles.